The van der Waals surface area contributed by atoms with E-state index in [4.69, 9.17) is 27.8 Å². The molecule has 0 aromatic carbocycles. The first-order valence-electron chi connectivity index (χ1n) is 4.05. The van der Waals surface area contributed by atoms with E-state index in [1.807, 2.05) is 0 Å². The molecule has 1 rings (SSSR count). The molecule has 15 heavy (non-hydrogen) atoms. The maximum atomic E-state index is 10.7. The zero-order valence-corrected chi connectivity index (χ0v) is 10.1. The fourth-order valence-electron chi connectivity index (χ4n) is 1.29. The summed E-state index contributed by atoms with van der Waals surface area (Å²) in [6, 6.07) is 0. The van der Waals surface area contributed by atoms with Crippen LogP contribution in [0.3, 0.4) is 0 Å². The molecule has 0 bridgehead atoms. The van der Waals surface area contributed by atoms with Crippen molar-refractivity contribution < 1.29 is 13.0 Å². The molecule has 0 saturated carbocycles. The highest BCUT2D eigenvalue weighted by molar-refractivity contribution is 7.85. The zero-order valence-electron chi connectivity index (χ0n) is 7.81. The van der Waals surface area contributed by atoms with Crippen molar-refractivity contribution in [3.8, 4) is 0 Å². The zero-order chi connectivity index (χ0) is 11.6. The molecular weight excluding hydrogens is 261 g/mol. The summed E-state index contributed by atoms with van der Waals surface area (Å²) in [5, 5.41) is 0.581. The Labute approximate surface area is 98.0 Å². The Kier molecular flexibility index (Phi) is 3.94. The summed E-state index contributed by atoms with van der Waals surface area (Å²) in [5.41, 5.74) is 0.478. The molecule has 7 heteroatoms. The van der Waals surface area contributed by atoms with Gasteiger partial charge in [-0.25, -0.2) is 0 Å². The lowest BCUT2D eigenvalue weighted by atomic mass is 10.1. The highest BCUT2D eigenvalue weighted by atomic mass is 35.5. The van der Waals surface area contributed by atoms with Crippen LogP contribution in [0.2, 0.25) is 10.0 Å². The largest absolute Gasteiger partial charge is 0.286 e. The minimum atomic E-state index is -4.04. The molecule has 1 aromatic rings. The first-order valence-corrected chi connectivity index (χ1v) is 6.42. The molecule has 0 fully saturated rings. The number of rotatable bonds is 3. The van der Waals surface area contributed by atoms with Crippen LogP contribution in [0.5, 0.6) is 0 Å². The summed E-state index contributed by atoms with van der Waals surface area (Å²) in [7, 11) is -4.04. The van der Waals surface area contributed by atoms with Crippen LogP contribution >= 0.6 is 23.2 Å². The highest BCUT2D eigenvalue weighted by Crippen LogP contribution is 2.30. The first-order chi connectivity index (χ1) is 6.81. The van der Waals surface area contributed by atoms with Gasteiger partial charge in [-0.2, -0.15) is 8.42 Å². The molecule has 4 nitrogen and oxygen atoms in total. The van der Waals surface area contributed by atoms with Crippen LogP contribution in [-0.2, 0) is 10.1 Å². The number of hydrogen-bond donors (Lipinski definition) is 1. The van der Waals surface area contributed by atoms with E-state index in [0.29, 0.717) is 15.6 Å². The maximum Gasteiger partial charge on any atom is 0.265 e. The van der Waals surface area contributed by atoms with E-state index in [-0.39, 0.29) is 0 Å². The van der Waals surface area contributed by atoms with Gasteiger partial charge in [0.2, 0.25) is 0 Å². The Hall–Kier alpha value is -0.360. The molecule has 84 valence electrons. The monoisotopic (exact) mass is 269 g/mol. The van der Waals surface area contributed by atoms with E-state index >= 15 is 0 Å². The molecule has 0 radical (unpaired) electrons. The number of aromatic nitrogens is 1. The second kappa shape index (κ2) is 4.65. The van der Waals surface area contributed by atoms with Crippen molar-refractivity contribution in [3.05, 3.63) is 28.0 Å². The van der Waals surface area contributed by atoms with Crippen molar-refractivity contribution in [3.63, 3.8) is 0 Å². The molecule has 0 amide bonds. The summed E-state index contributed by atoms with van der Waals surface area (Å²) in [6.45, 7) is 1.61. The van der Waals surface area contributed by atoms with E-state index in [1.165, 1.54) is 12.4 Å². The third-order valence-electron chi connectivity index (χ3n) is 1.84. The first kappa shape index (κ1) is 12.7. The third kappa shape index (κ3) is 3.61. The van der Waals surface area contributed by atoms with Gasteiger partial charge >= 0.3 is 0 Å². The second-order valence-corrected chi connectivity index (χ2v) is 5.48. The summed E-state index contributed by atoms with van der Waals surface area (Å²) < 4.78 is 30.1. The lowest BCUT2D eigenvalue weighted by molar-refractivity contribution is 0.479. The molecule has 0 spiro atoms. The van der Waals surface area contributed by atoms with Gasteiger partial charge in [-0.05, 0) is 5.56 Å². The molecule has 1 atom stereocenters. The van der Waals surface area contributed by atoms with Gasteiger partial charge in [0, 0.05) is 18.3 Å². The minimum absolute atomic E-state index is 0.290. The van der Waals surface area contributed by atoms with Crippen molar-refractivity contribution >= 4 is 33.3 Å². The van der Waals surface area contributed by atoms with Crippen LogP contribution in [0.25, 0.3) is 0 Å². The molecule has 0 aliphatic carbocycles. The van der Waals surface area contributed by atoms with Crippen LogP contribution in [0.15, 0.2) is 12.4 Å². The van der Waals surface area contributed by atoms with Crippen LogP contribution in [0.1, 0.15) is 18.4 Å². The summed E-state index contributed by atoms with van der Waals surface area (Å²) in [4.78, 5) is 3.75. The highest BCUT2D eigenvalue weighted by Gasteiger charge is 2.19. The van der Waals surface area contributed by atoms with Crippen molar-refractivity contribution in [2.45, 2.75) is 12.8 Å². The van der Waals surface area contributed by atoms with Gasteiger partial charge in [0.15, 0.2) is 0 Å². The Morgan fingerprint density at radius 1 is 1.40 bits per heavy atom. The summed E-state index contributed by atoms with van der Waals surface area (Å²) in [6.07, 6.45) is 2.76. The molecule has 0 unspecified atom stereocenters. The van der Waals surface area contributed by atoms with E-state index in [9.17, 15) is 8.42 Å². The predicted molar refractivity (Wildman–Crippen MR) is 59.1 cm³/mol. The van der Waals surface area contributed by atoms with Gasteiger partial charge in [0.05, 0.1) is 15.8 Å². The van der Waals surface area contributed by atoms with E-state index in [1.54, 1.807) is 6.92 Å². The van der Waals surface area contributed by atoms with Crippen molar-refractivity contribution in [2.75, 3.05) is 5.75 Å². The topological polar surface area (TPSA) is 67.3 Å². The van der Waals surface area contributed by atoms with Crippen molar-refractivity contribution in [2.24, 2.45) is 0 Å². The number of halogens is 2. The molecule has 1 aromatic heterocycles. The molecule has 0 aliphatic heterocycles. The predicted octanol–water partition coefficient (Wildman–Crippen LogP) is 2.38. The van der Waals surface area contributed by atoms with Gasteiger partial charge in [0.1, 0.15) is 0 Å². The normalized spacial score (nSPS) is 13.9. The maximum absolute atomic E-state index is 10.7. The van der Waals surface area contributed by atoms with Gasteiger partial charge in [-0.3, -0.25) is 9.54 Å². The van der Waals surface area contributed by atoms with Crippen molar-refractivity contribution in [1.82, 2.24) is 4.98 Å². The minimum Gasteiger partial charge on any atom is -0.286 e. The molecule has 0 saturated heterocycles. The van der Waals surface area contributed by atoms with Gasteiger partial charge in [-0.1, -0.05) is 30.1 Å². The fraction of sp³-hybridized carbons (Fsp3) is 0.375. The van der Waals surface area contributed by atoms with Gasteiger partial charge in [-0.15, -0.1) is 0 Å². The molecule has 0 aliphatic rings. The average Bonchev–Trinajstić information content (AvgIpc) is 1.99. The molecule has 1 heterocycles. The van der Waals surface area contributed by atoms with E-state index < -0.39 is 21.8 Å². The standard InChI is InChI=1S/C8H9Cl2NO3S/c1-5(4-15(12,13)14)8-6(9)2-11-3-7(8)10/h2-3,5H,4H2,1H3,(H,12,13,14)/t5-/m1/s1. The van der Waals surface area contributed by atoms with Crippen LogP contribution in [0.4, 0.5) is 0 Å². The van der Waals surface area contributed by atoms with E-state index in [0.717, 1.165) is 0 Å². The summed E-state index contributed by atoms with van der Waals surface area (Å²) >= 11 is 11.7. The van der Waals surface area contributed by atoms with Crippen LogP contribution in [-0.4, -0.2) is 23.7 Å². The smallest absolute Gasteiger partial charge is 0.265 e. The lowest BCUT2D eigenvalue weighted by Gasteiger charge is -2.12. The quantitative estimate of drug-likeness (QED) is 0.856. The van der Waals surface area contributed by atoms with Gasteiger partial charge < -0.3 is 0 Å². The average molecular weight is 270 g/mol. The Balaban J connectivity index is 3.06. The third-order valence-corrected chi connectivity index (χ3v) is 3.37. The molecule has 1 N–H and O–H groups in total. The van der Waals surface area contributed by atoms with E-state index in [2.05, 4.69) is 4.98 Å². The lowest BCUT2D eigenvalue weighted by Crippen LogP contribution is -2.12. The Bertz CT molecular complexity index is 441. The summed E-state index contributed by atoms with van der Waals surface area (Å²) in [5.74, 6) is -0.904. The number of nitrogens with zero attached hydrogens (tertiary/aromatic N) is 1. The molecular formula is C8H9Cl2NO3S. The Morgan fingerprint density at radius 2 is 1.87 bits per heavy atom. The van der Waals surface area contributed by atoms with Crippen LogP contribution < -0.4 is 0 Å². The SMILES string of the molecule is C[C@H](CS(=O)(=O)O)c1c(Cl)cncc1Cl. The number of pyridine rings is 1. The van der Waals surface area contributed by atoms with Crippen LogP contribution in [0, 0.1) is 0 Å². The Morgan fingerprint density at radius 3 is 2.27 bits per heavy atom. The van der Waals surface area contributed by atoms with Crippen molar-refractivity contribution in [1.29, 1.82) is 0 Å². The van der Waals surface area contributed by atoms with Gasteiger partial charge in [0.25, 0.3) is 10.1 Å². The number of hydrogen-bond acceptors (Lipinski definition) is 3. The second-order valence-electron chi connectivity index (χ2n) is 3.17. The fourth-order valence-corrected chi connectivity index (χ4v) is 2.83.